The quantitative estimate of drug-likeness (QED) is 0.619. The summed E-state index contributed by atoms with van der Waals surface area (Å²) in [6.45, 7) is 1.73. The molecule has 2 heterocycles. The van der Waals surface area contributed by atoms with Crippen LogP contribution in [-0.2, 0) is 17.8 Å². The van der Waals surface area contributed by atoms with E-state index in [9.17, 15) is 27.5 Å². The average molecular weight is 403 g/mol. The van der Waals surface area contributed by atoms with Crippen LogP contribution in [0.5, 0.6) is 10.8 Å². The van der Waals surface area contributed by atoms with Gasteiger partial charge in [0, 0.05) is 22.0 Å². The van der Waals surface area contributed by atoms with Crippen molar-refractivity contribution in [3.63, 3.8) is 0 Å². The van der Waals surface area contributed by atoms with Crippen molar-refractivity contribution in [2.45, 2.75) is 26.3 Å². The van der Waals surface area contributed by atoms with Gasteiger partial charge in [0.1, 0.15) is 0 Å². The number of hydrogen-bond donors (Lipinski definition) is 2. The molecule has 10 heteroatoms. The van der Waals surface area contributed by atoms with Gasteiger partial charge in [0.25, 0.3) is 0 Å². The van der Waals surface area contributed by atoms with E-state index in [0.717, 1.165) is 23.5 Å². The number of fused-ring (bicyclic) bond motifs is 1. The molecule has 0 fully saturated rings. The molecule has 2 aromatic heterocycles. The Balaban J connectivity index is 2.05. The van der Waals surface area contributed by atoms with Crippen LogP contribution in [0.4, 0.5) is 17.6 Å². The summed E-state index contributed by atoms with van der Waals surface area (Å²) in [5, 5.41) is 18.8. The van der Waals surface area contributed by atoms with Crippen molar-refractivity contribution in [3.05, 3.63) is 46.2 Å². The van der Waals surface area contributed by atoms with Gasteiger partial charge < -0.3 is 19.5 Å². The molecule has 27 heavy (non-hydrogen) atoms. The molecule has 1 aromatic carbocycles. The molecule has 5 nitrogen and oxygen atoms in total. The number of ether oxygens (including phenoxy) is 1. The molecule has 0 aliphatic heterocycles. The second-order valence-electron chi connectivity index (χ2n) is 5.81. The fourth-order valence-corrected chi connectivity index (χ4v) is 3.76. The Labute approximate surface area is 154 Å². The number of halogens is 4. The fraction of sp³-hybridized carbons (Fsp3) is 0.235. The highest BCUT2D eigenvalue weighted by atomic mass is 32.1. The standard InChI is InChI=1S/C17H13F4NO4S/c1-8-10(5-15(24)25)11-4-14(23)12(18)6-13(11)22(8)7-9-2-3-16(27-9)26-17(19,20)21/h2-4,6,23H,5,7H2,1H3,(H,24,25). The maximum Gasteiger partial charge on any atom is 0.573 e. The topological polar surface area (TPSA) is 71.7 Å². The first-order valence-corrected chi connectivity index (χ1v) is 8.43. The van der Waals surface area contributed by atoms with E-state index in [1.807, 2.05) is 0 Å². The lowest BCUT2D eigenvalue weighted by Crippen LogP contribution is -2.16. The van der Waals surface area contributed by atoms with Crippen LogP contribution in [0.25, 0.3) is 10.9 Å². The monoisotopic (exact) mass is 403 g/mol. The first-order valence-electron chi connectivity index (χ1n) is 7.61. The number of nitrogens with zero attached hydrogens (tertiary/aromatic N) is 1. The Morgan fingerprint density at radius 3 is 2.63 bits per heavy atom. The molecule has 0 bridgehead atoms. The van der Waals surface area contributed by atoms with Crippen molar-refractivity contribution in [1.82, 2.24) is 4.57 Å². The van der Waals surface area contributed by atoms with Crippen molar-refractivity contribution in [2.24, 2.45) is 0 Å². The molecule has 0 spiro atoms. The predicted octanol–water partition coefficient (Wildman–Crippen LogP) is 4.43. The third-order valence-corrected chi connectivity index (χ3v) is 4.97. The SMILES string of the molecule is Cc1c(CC(=O)O)c2cc(O)c(F)cc2n1Cc1ccc(OC(F)(F)F)s1. The van der Waals surface area contributed by atoms with Crippen molar-refractivity contribution < 1.29 is 37.3 Å². The van der Waals surface area contributed by atoms with Crippen molar-refractivity contribution in [1.29, 1.82) is 0 Å². The van der Waals surface area contributed by atoms with Gasteiger partial charge in [-0.2, -0.15) is 0 Å². The van der Waals surface area contributed by atoms with Gasteiger partial charge in [-0.1, -0.05) is 0 Å². The number of phenolic OH excluding ortho intramolecular Hbond substituents is 1. The smallest absolute Gasteiger partial charge is 0.505 e. The van der Waals surface area contributed by atoms with Crippen LogP contribution in [0.1, 0.15) is 16.1 Å². The molecule has 0 aliphatic carbocycles. The van der Waals surface area contributed by atoms with Crippen LogP contribution >= 0.6 is 11.3 Å². The summed E-state index contributed by atoms with van der Waals surface area (Å²) in [5.41, 5.74) is 1.26. The maximum atomic E-state index is 13.8. The largest absolute Gasteiger partial charge is 0.573 e. The Morgan fingerprint density at radius 1 is 1.30 bits per heavy atom. The summed E-state index contributed by atoms with van der Waals surface area (Å²) in [5.74, 6) is -2.59. The number of hydrogen-bond acceptors (Lipinski definition) is 4. The zero-order valence-corrected chi connectivity index (χ0v) is 14.6. The summed E-state index contributed by atoms with van der Waals surface area (Å²) in [4.78, 5) is 11.7. The summed E-state index contributed by atoms with van der Waals surface area (Å²) < 4.78 is 56.2. The minimum atomic E-state index is -4.80. The number of benzene rings is 1. The highest BCUT2D eigenvalue weighted by Gasteiger charge is 2.31. The Hall–Kier alpha value is -2.75. The summed E-state index contributed by atoms with van der Waals surface area (Å²) in [6.07, 6.45) is -5.14. The molecule has 3 rings (SSSR count). The Bertz CT molecular complexity index is 1020. The number of carboxylic acids is 1. The van der Waals surface area contributed by atoms with Gasteiger partial charge in [-0.05, 0) is 30.7 Å². The van der Waals surface area contributed by atoms with Crippen molar-refractivity contribution in [2.75, 3.05) is 0 Å². The third-order valence-electron chi connectivity index (χ3n) is 4.02. The highest BCUT2D eigenvalue weighted by molar-refractivity contribution is 7.13. The molecule has 0 radical (unpaired) electrons. The lowest BCUT2D eigenvalue weighted by molar-refractivity contribution is -0.273. The van der Waals surface area contributed by atoms with Gasteiger partial charge in [-0.3, -0.25) is 4.79 Å². The molecule has 144 valence electrons. The maximum absolute atomic E-state index is 13.8. The number of carboxylic acid groups (broad SMARTS) is 1. The van der Waals surface area contributed by atoms with Gasteiger partial charge in [-0.25, -0.2) is 4.39 Å². The first kappa shape index (κ1) is 19.0. The number of phenols is 1. The summed E-state index contributed by atoms with van der Waals surface area (Å²) in [7, 11) is 0. The fourth-order valence-electron chi connectivity index (χ4n) is 2.90. The predicted molar refractivity (Wildman–Crippen MR) is 89.7 cm³/mol. The molecule has 0 atom stereocenters. The molecular weight excluding hydrogens is 390 g/mol. The van der Waals surface area contributed by atoms with Crippen molar-refractivity contribution in [3.8, 4) is 10.8 Å². The molecule has 0 amide bonds. The van der Waals surface area contributed by atoms with E-state index in [0.29, 0.717) is 27.0 Å². The molecule has 3 aromatic rings. The van der Waals surface area contributed by atoms with E-state index < -0.39 is 23.9 Å². The van der Waals surface area contributed by atoms with Gasteiger partial charge in [-0.15, -0.1) is 24.5 Å². The van der Waals surface area contributed by atoms with E-state index in [2.05, 4.69) is 4.74 Å². The zero-order chi connectivity index (χ0) is 19.9. The number of alkyl halides is 3. The van der Waals surface area contributed by atoms with E-state index in [4.69, 9.17) is 5.11 Å². The van der Waals surface area contributed by atoms with E-state index in [1.165, 1.54) is 12.1 Å². The molecular formula is C17H13F4NO4S. The zero-order valence-electron chi connectivity index (χ0n) is 13.8. The first-order chi connectivity index (χ1) is 12.5. The van der Waals surface area contributed by atoms with Gasteiger partial charge in [0.15, 0.2) is 16.6 Å². The summed E-state index contributed by atoms with van der Waals surface area (Å²) >= 11 is 0.780. The lowest BCUT2D eigenvalue weighted by Gasteiger charge is -2.08. The molecule has 0 unspecified atom stereocenters. The number of aromatic nitrogens is 1. The molecule has 0 saturated heterocycles. The van der Waals surface area contributed by atoms with E-state index in [-0.39, 0.29) is 18.0 Å². The highest BCUT2D eigenvalue weighted by Crippen LogP contribution is 2.34. The molecule has 0 aliphatic rings. The normalized spacial score (nSPS) is 11.9. The van der Waals surface area contributed by atoms with Crippen LogP contribution < -0.4 is 4.74 Å². The third kappa shape index (κ3) is 4.00. The average Bonchev–Trinajstić information content (AvgIpc) is 3.05. The van der Waals surface area contributed by atoms with Crippen molar-refractivity contribution >= 4 is 28.2 Å². The van der Waals surface area contributed by atoms with Crippen LogP contribution in [0.2, 0.25) is 0 Å². The van der Waals surface area contributed by atoms with Gasteiger partial charge in [0.2, 0.25) is 0 Å². The second kappa shape index (κ2) is 6.76. The Morgan fingerprint density at radius 2 is 2.00 bits per heavy atom. The molecule has 2 N–H and O–H groups in total. The molecule has 0 saturated carbocycles. The van der Waals surface area contributed by atoms with Crippen LogP contribution in [-0.4, -0.2) is 27.1 Å². The van der Waals surface area contributed by atoms with Crippen LogP contribution in [0.15, 0.2) is 24.3 Å². The van der Waals surface area contributed by atoms with Crippen LogP contribution in [0, 0.1) is 12.7 Å². The second-order valence-corrected chi connectivity index (χ2v) is 6.94. The minimum absolute atomic E-state index is 0.0953. The number of carbonyl (C=O) groups is 1. The number of thiophene rings is 1. The number of aromatic hydroxyl groups is 1. The van der Waals surface area contributed by atoms with E-state index in [1.54, 1.807) is 11.5 Å². The minimum Gasteiger partial charge on any atom is -0.505 e. The van der Waals surface area contributed by atoms with Gasteiger partial charge >= 0.3 is 12.3 Å². The van der Waals surface area contributed by atoms with E-state index >= 15 is 0 Å². The number of aliphatic carboxylic acids is 1. The summed E-state index contributed by atoms with van der Waals surface area (Å²) in [6, 6.07) is 4.85. The van der Waals surface area contributed by atoms with Crippen LogP contribution in [0.3, 0.4) is 0 Å². The van der Waals surface area contributed by atoms with Gasteiger partial charge in [0.05, 0.1) is 18.5 Å². The Kier molecular flexibility index (Phi) is 4.77. The number of rotatable bonds is 5. The lowest BCUT2D eigenvalue weighted by atomic mass is 10.1.